The zero-order valence-electron chi connectivity index (χ0n) is 10.4. The number of methoxy groups -OCH3 is 1. The van der Waals surface area contributed by atoms with Gasteiger partial charge in [-0.2, -0.15) is 13.2 Å². The molecule has 104 valence electrons. The number of nitrogens with zero attached hydrogens (tertiary/aromatic N) is 1. The van der Waals surface area contributed by atoms with E-state index in [1.807, 2.05) is 0 Å². The Hall–Kier alpha value is -2.37. The maximum absolute atomic E-state index is 13.0. The monoisotopic (exact) mass is 281 g/mol. The molecule has 2 aromatic rings. The molecular formula is C14H10F3NO2. The first kappa shape index (κ1) is 14.0. The highest BCUT2D eigenvalue weighted by Crippen LogP contribution is 2.37. The van der Waals surface area contributed by atoms with Crippen LogP contribution in [0.1, 0.15) is 15.9 Å². The molecule has 0 radical (unpaired) electrons. The number of ether oxygens (including phenoxy) is 1. The molecule has 0 spiro atoms. The molecule has 6 heteroatoms. The largest absolute Gasteiger partial charge is 0.481 e. The highest BCUT2D eigenvalue weighted by Gasteiger charge is 2.33. The van der Waals surface area contributed by atoms with E-state index in [1.165, 1.54) is 37.6 Å². The number of aromatic nitrogens is 1. The normalized spacial score (nSPS) is 11.2. The number of benzene rings is 1. The minimum atomic E-state index is -4.50. The number of carbonyl (C=O) groups is 1. The maximum atomic E-state index is 13.0. The van der Waals surface area contributed by atoms with E-state index in [4.69, 9.17) is 4.74 Å². The summed E-state index contributed by atoms with van der Waals surface area (Å²) in [7, 11) is 1.36. The van der Waals surface area contributed by atoms with Gasteiger partial charge >= 0.3 is 6.18 Å². The molecule has 0 aliphatic heterocycles. The number of aldehydes is 1. The Morgan fingerprint density at radius 3 is 2.50 bits per heavy atom. The number of rotatable bonds is 3. The number of hydrogen-bond acceptors (Lipinski definition) is 3. The van der Waals surface area contributed by atoms with E-state index in [0.29, 0.717) is 6.29 Å². The lowest BCUT2D eigenvalue weighted by atomic mass is 9.97. The van der Waals surface area contributed by atoms with Crippen LogP contribution in [0.15, 0.2) is 36.5 Å². The third-order valence-electron chi connectivity index (χ3n) is 2.77. The lowest BCUT2D eigenvalue weighted by Crippen LogP contribution is -2.07. The summed E-state index contributed by atoms with van der Waals surface area (Å²) in [5.41, 5.74) is -0.686. The summed E-state index contributed by atoms with van der Waals surface area (Å²) in [4.78, 5) is 14.9. The molecule has 0 saturated carbocycles. The van der Waals surface area contributed by atoms with Crippen molar-refractivity contribution < 1.29 is 22.7 Å². The fourth-order valence-corrected chi connectivity index (χ4v) is 1.85. The van der Waals surface area contributed by atoms with Gasteiger partial charge in [-0.3, -0.25) is 4.79 Å². The number of pyridine rings is 1. The van der Waals surface area contributed by atoms with Crippen molar-refractivity contribution in [1.82, 2.24) is 4.98 Å². The first-order valence-electron chi connectivity index (χ1n) is 5.63. The van der Waals surface area contributed by atoms with E-state index in [2.05, 4.69) is 4.98 Å². The Labute approximate surface area is 113 Å². The van der Waals surface area contributed by atoms with Crippen molar-refractivity contribution in [3.05, 3.63) is 47.7 Å². The molecule has 0 unspecified atom stereocenters. The lowest BCUT2D eigenvalue weighted by Gasteiger charge is -2.14. The van der Waals surface area contributed by atoms with Gasteiger partial charge in [0.2, 0.25) is 5.88 Å². The summed E-state index contributed by atoms with van der Waals surface area (Å²) in [6.07, 6.45) is -2.82. The van der Waals surface area contributed by atoms with Crippen LogP contribution < -0.4 is 4.74 Å². The number of hydrogen-bond donors (Lipinski definition) is 0. The van der Waals surface area contributed by atoms with Gasteiger partial charge in [-0.15, -0.1) is 0 Å². The second-order valence-electron chi connectivity index (χ2n) is 3.98. The average molecular weight is 281 g/mol. The lowest BCUT2D eigenvalue weighted by molar-refractivity contribution is -0.137. The molecular weight excluding hydrogens is 271 g/mol. The molecule has 0 N–H and O–H groups in total. The fourth-order valence-electron chi connectivity index (χ4n) is 1.85. The predicted molar refractivity (Wildman–Crippen MR) is 66.6 cm³/mol. The third kappa shape index (κ3) is 2.64. The summed E-state index contributed by atoms with van der Waals surface area (Å²) in [5, 5.41) is 0. The predicted octanol–water partition coefficient (Wildman–Crippen LogP) is 3.59. The summed E-state index contributed by atoms with van der Waals surface area (Å²) in [5.74, 6) is 0.167. The number of carbonyl (C=O) groups excluding carboxylic acids is 1. The summed E-state index contributed by atoms with van der Waals surface area (Å²) >= 11 is 0. The van der Waals surface area contributed by atoms with Crippen LogP contribution in [0.5, 0.6) is 5.88 Å². The summed E-state index contributed by atoms with van der Waals surface area (Å²) < 4.78 is 43.8. The molecule has 20 heavy (non-hydrogen) atoms. The molecule has 0 saturated heterocycles. The van der Waals surface area contributed by atoms with Crippen LogP contribution in [0, 0.1) is 0 Å². The first-order chi connectivity index (χ1) is 9.47. The van der Waals surface area contributed by atoms with Gasteiger partial charge < -0.3 is 4.74 Å². The van der Waals surface area contributed by atoms with Crippen molar-refractivity contribution in [2.24, 2.45) is 0 Å². The highest BCUT2D eigenvalue weighted by atomic mass is 19.4. The van der Waals surface area contributed by atoms with Gasteiger partial charge in [-0.1, -0.05) is 18.2 Å². The molecule has 0 atom stereocenters. The SMILES string of the molecule is COc1cc(C=O)c(-c2ccccc2C(F)(F)F)cn1. The molecule has 0 fully saturated rings. The van der Waals surface area contributed by atoms with E-state index in [0.717, 1.165) is 6.07 Å². The van der Waals surface area contributed by atoms with E-state index >= 15 is 0 Å². The highest BCUT2D eigenvalue weighted by molar-refractivity contribution is 5.88. The van der Waals surface area contributed by atoms with Gasteiger partial charge in [0.1, 0.15) is 0 Å². The van der Waals surface area contributed by atoms with Crippen LogP contribution in [0.3, 0.4) is 0 Å². The van der Waals surface area contributed by atoms with Crippen molar-refractivity contribution in [3.63, 3.8) is 0 Å². The van der Waals surface area contributed by atoms with Crippen LogP contribution in [0.2, 0.25) is 0 Å². The summed E-state index contributed by atoms with van der Waals surface area (Å²) in [6.45, 7) is 0. The van der Waals surface area contributed by atoms with Gasteiger partial charge in [0, 0.05) is 23.4 Å². The van der Waals surface area contributed by atoms with Crippen LogP contribution in [-0.2, 0) is 6.18 Å². The first-order valence-corrected chi connectivity index (χ1v) is 5.63. The molecule has 1 heterocycles. The van der Waals surface area contributed by atoms with Crippen molar-refractivity contribution >= 4 is 6.29 Å². The zero-order chi connectivity index (χ0) is 14.8. The van der Waals surface area contributed by atoms with Crippen molar-refractivity contribution in [2.45, 2.75) is 6.18 Å². The van der Waals surface area contributed by atoms with Crippen LogP contribution >= 0.6 is 0 Å². The number of alkyl halides is 3. The van der Waals surface area contributed by atoms with Crippen LogP contribution in [0.25, 0.3) is 11.1 Å². The second kappa shape index (κ2) is 5.32. The fraction of sp³-hybridized carbons (Fsp3) is 0.143. The molecule has 3 nitrogen and oxygen atoms in total. The molecule has 0 amide bonds. The molecule has 0 aliphatic rings. The van der Waals surface area contributed by atoms with Crippen molar-refractivity contribution in [1.29, 1.82) is 0 Å². The van der Waals surface area contributed by atoms with Gasteiger partial charge in [-0.05, 0) is 11.6 Å². The number of halogens is 3. The van der Waals surface area contributed by atoms with Crippen molar-refractivity contribution in [3.8, 4) is 17.0 Å². The van der Waals surface area contributed by atoms with Crippen molar-refractivity contribution in [2.75, 3.05) is 7.11 Å². The van der Waals surface area contributed by atoms with E-state index in [1.54, 1.807) is 0 Å². The molecule has 0 bridgehead atoms. The van der Waals surface area contributed by atoms with Crippen LogP contribution in [-0.4, -0.2) is 18.4 Å². The Morgan fingerprint density at radius 2 is 1.90 bits per heavy atom. The average Bonchev–Trinajstić information content (AvgIpc) is 2.45. The molecule has 2 rings (SSSR count). The topological polar surface area (TPSA) is 39.2 Å². The summed E-state index contributed by atoms with van der Waals surface area (Å²) in [6, 6.07) is 6.34. The van der Waals surface area contributed by atoms with Gasteiger partial charge in [0.05, 0.1) is 12.7 Å². The van der Waals surface area contributed by atoms with Gasteiger partial charge in [0.15, 0.2) is 6.29 Å². The van der Waals surface area contributed by atoms with E-state index in [9.17, 15) is 18.0 Å². The Kier molecular flexibility index (Phi) is 3.74. The Morgan fingerprint density at radius 1 is 1.20 bits per heavy atom. The molecule has 0 aliphatic carbocycles. The smallest absolute Gasteiger partial charge is 0.417 e. The molecule has 1 aromatic heterocycles. The van der Waals surface area contributed by atoms with E-state index < -0.39 is 11.7 Å². The standard InChI is InChI=1S/C14H10F3NO2/c1-20-13-6-9(8-19)11(7-18-13)10-4-2-3-5-12(10)14(15,16)17/h2-8H,1H3. The van der Waals surface area contributed by atoms with E-state index in [-0.39, 0.29) is 22.6 Å². The zero-order valence-corrected chi connectivity index (χ0v) is 10.4. The quantitative estimate of drug-likeness (QED) is 0.807. The Balaban J connectivity index is 2.66. The van der Waals surface area contributed by atoms with Gasteiger partial charge in [-0.25, -0.2) is 4.98 Å². The minimum Gasteiger partial charge on any atom is -0.481 e. The van der Waals surface area contributed by atoms with Gasteiger partial charge in [0.25, 0.3) is 0 Å². The Bertz CT molecular complexity index is 639. The third-order valence-corrected chi connectivity index (χ3v) is 2.77. The van der Waals surface area contributed by atoms with Crippen LogP contribution in [0.4, 0.5) is 13.2 Å². The minimum absolute atomic E-state index is 0.0859. The second-order valence-corrected chi connectivity index (χ2v) is 3.98. The maximum Gasteiger partial charge on any atom is 0.417 e. The molecule has 1 aromatic carbocycles.